The van der Waals surface area contributed by atoms with Gasteiger partial charge < -0.3 is 15.3 Å². The lowest BCUT2D eigenvalue weighted by atomic mass is 10.00. The highest BCUT2D eigenvalue weighted by molar-refractivity contribution is 5.77. The summed E-state index contributed by atoms with van der Waals surface area (Å²) in [6.07, 6.45) is 6.33. The SMILES string of the molecule is CN(C)C(=O)CN1CCC(NCC2(O)CCCC2)CC1. The molecule has 0 bridgehead atoms. The van der Waals surface area contributed by atoms with Gasteiger partial charge in [0.2, 0.25) is 5.91 Å². The van der Waals surface area contributed by atoms with Crippen LogP contribution in [0.15, 0.2) is 0 Å². The minimum Gasteiger partial charge on any atom is -0.389 e. The quantitative estimate of drug-likeness (QED) is 0.768. The second-order valence-electron chi connectivity index (χ2n) is 6.65. The van der Waals surface area contributed by atoms with Crippen molar-refractivity contribution in [2.45, 2.75) is 50.2 Å². The van der Waals surface area contributed by atoms with Gasteiger partial charge in [-0.2, -0.15) is 0 Å². The van der Waals surface area contributed by atoms with E-state index in [1.54, 1.807) is 19.0 Å². The highest BCUT2D eigenvalue weighted by Crippen LogP contribution is 2.29. The van der Waals surface area contributed by atoms with Crippen molar-refractivity contribution in [3.8, 4) is 0 Å². The zero-order valence-corrected chi connectivity index (χ0v) is 12.9. The number of amides is 1. The minimum atomic E-state index is -0.460. The maximum atomic E-state index is 11.7. The Morgan fingerprint density at radius 1 is 1.30 bits per heavy atom. The molecule has 2 rings (SSSR count). The Morgan fingerprint density at radius 2 is 1.90 bits per heavy atom. The molecule has 0 atom stereocenters. The number of rotatable bonds is 5. The lowest BCUT2D eigenvalue weighted by molar-refractivity contribution is -0.130. The monoisotopic (exact) mass is 283 g/mol. The van der Waals surface area contributed by atoms with E-state index >= 15 is 0 Å². The van der Waals surface area contributed by atoms with E-state index in [9.17, 15) is 9.90 Å². The molecule has 1 saturated heterocycles. The fourth-order valence-electron chi connectivity index (χ4n) is 3.17. The normalized spacial score (nSPS) is 23.9. The molecule has 2 N–H and O–H groups in total. The van der Waals surface area contributed by atoms with Crippen molar-refractivity contribution in [1.82, 2.24) is 15.1 Å². The molecular weight excluding hydrogens is 254 g/mol. The van der Waals surface area contributed by atoms with Crippen LogP contribution in [0.5, 0.6) is 0 Å². The molecule has 1 heterocycles. The molecule has 116 valence electrons. The molecule has 1 saturated carbocycles. The number of carbonyl (C=O) groups is 1. The van der Waals surface area contributed by atoms with Crippen molar-refractivity contribution in [2.75, 3.05) is 40.3 Å². The van der Waals surface area contributed by atoms with Gasteiger partial charge in [-0.1, -0.05) is 12.8 Å². The molecule has 5 nitrogen and oxygen atoms in total. The summed E-state index contributed by atoms with van der Waals surface area (Å²) in [5, 5.41) is 13.9. The molecule has 1 aliphatic heterocycles. The minimum absolute atomic E-state index is 0.177. The molecule has 0 aromatic carbocycles. The first-order valence-electron chi connectivity index (χ1n) is 7.87. The predicted molar refractivity (Wildman–Crippen MR) is 79.6 cm³/mol. The van der Waals surface area contributed by atoms with Gasteiger partial charge in [-0.15, -0.1) is 0 Å². The first-order valence-corrected chi connectivity index (χ1v) is 7.87. The summed E-state index contributed by atoms with van der Waals surface area (Å²) in [5.74, 6) is 0.177. The smallest absolute Gasteiger partial charge is 0.236 e. The maximum Gasteiger partial charge on any atom is 0.236 e. The molecular formula is C15H29N3O2. The van der Waals surface area contributed by atoms with E-state index in [1.165, 1.54) is 0 Å². The number of likely N-dealkylation sites (tertiary alicyclic amines) is 1. The lowest BCUT2D eigenvalue weighted by Gasteiger charge is -2.34. The third kappa shape index (κ3) is 4.43. The molecule has 20 heavy (non-hydrogen) atoms. The fraction of sp³-hybridized carbons (Fsp3) is 0.933. The summed E-state index contributed by atoms with van der Waals surface area (Å²) in [4.78, 5) is 15.5. The molecule has 0 unspecified atom stereocenters. The molecule has 2 aliphatic rings. The largest absolute Gasteiger partial charge is 0.389 e. The average Bonchev–Trinajstić information content (AvgIpc) is 2.85. The van der Waals surface area contributed by atoms with E-state index < -0.39 is 5.60 Å². The Labute approximate surface area is 122 Å². The molecule has 0 spiro atoms. The van der Waals surface area contributed by atoms with Crippen molar-refractivity contribution in [3.05, 3.63) is 0 Å². The highest BCUT2D eigenvalue weighted by atomic mass is 16.3. The van der Waals surface area contributed by atoms with Gasteiger partial charge in [0.25, 0.3) is 0 Å². The number of nitrogens with zero attached hydrogens (tertiary/aromatic N) is 2. The number of aliphatic hydroxyl groups is 1. The van der Waals surface area contributed by atoms with Crippen LogP contribution in [-0.4, -0.2) is 72.7 Å². The van der Waals surface area contributed by atoms with Crippen LogP contribution in [0.2, 0.25) is 0 Å². The molecule has 5 heteroatoms. The van der Waals surface area contributed by atoms with Crippen LogP contribution in [0, 0.1) is 0 Å². The zero-order valence-electron chi connectivity index (χ0n) is 12.9. The Kier molecular flexibility index (Phi) is 5.41. The van der Waals surface area contributed by atoms with Gasteiger partial charge in [-0.3, -0.25) is 9.69 Å². The van der Waals surface area contributed by atoms with Crippen molar-refractivity contribution >= 4 is 5.91 Å². The average molecular weight is 283 g/mol. The van der Waals surface area contributed by atoms with Gasteiger partial charge in [0, 0.05) is 39.8 Å². The first-order chi connectivity index (χ1) is 9.48. The van der Waals surface area contributed by atoms with Crippen LogP contribution in [0.3, 0.4) is 0 Å². The van der Waals surface area contributed by atoms with Crippen molar-refractivity contribution in [1.29, 1.82) is 0 Å². The number of piperidine rings is 1. The summed E-state index contributed by atoms with van der Waals surface area (Å²) in [7, 11) is 3.61. The molecule has 0 aromatic rings. The zero-order chi connectivity index (χ0) is 14.6. The van der Waals surface area contributed by atoms with E-state index in [-0.39, 0.29) is 5.91 Å². The molecule has 2 fully saturated rings. The third-order valence-corrected chi connectivity index (χ3v) is 4.70. The van der Waals surface area contributed by atoms with Crippen LogP contribution in [0.4, 0.5) is 0 Å². The molecule has 0 aromatic heterocycles. The van der Waals surface area contributed by atoms with E-state index in [2.05, 4.69) is 10.2 Å². The third-order valence-electron chi connectivity index (χ3n) is 4.70. The Bertz CT molecular complexity index is 319. The number of carbonyl (C=O) groups excluding carboxylic acids is 1. The molecule has 1 amide bonds. The Hall–Kier alpha value is -0.650. The second kappa shape index (κ2) is 6.87. The van der Waals surface area contributed by atoms with Crippen LogP contribution >= 0.6 is 0 Å². The summed E-state index contributed by atoms with van der Waals surface area (Å²) in [6.45, 7) is 3.20. The Balaban J connectivity index is 1.65. The highest BCUT2D eigenvalue weighted by Gasteiger charge is 2.32. The van der Waals surface area contributed by atoms with Gasteiger partial charge in [0.1, 0.15) is 0 Å². The lowest BCUT2D eigenvalue weighted by Crippen LogP contribution is -2.49. The van der Waals surface area contributed by atoms with E-state index in [0.29, 0.717) is 12.6 Å². The van der Waals surface area contributed by atoms with E-state index in [0.717, 1.165) is 58.2 Å². The van der Waals surface area contributed by atoms with Crippen LogP contribution in [-0.2, 0) is 4.79 Å². The number of likely N-dealkylation sites (N-methyl/N-ethyl adjacent to an activating group) is 1. The van der Waals surface area contributed by atoms with Gasteiger partial charge in [0.15, 0.2) is 0 Å². The van der Waals surface area contributed by atoms with Crippen LogP contribution < -0.4 is 5.32 Å². The standard InChI is InChI=1S/C15H29N3O2/c1-17(2)14(19)11-18-9-5-13(6-10-18)16-12-15(20)7-3-4-8-15/h13,16,20H,3-12H2,1-2H3. The first kappa shape index (κ1) is 15.7. The van der Waals surface area contributed by atoms with Gasteiger partial charge in [-0.05, 0) is 25.7 Å². The predicted octanol–water partition coefficient (Wildman–Crippen LogP) is 0.434. The number of hydrogen-bond acceptors (Lipinski definition) is 4. The summed E-state index contributed by atoms with van der Waals surface area (Å²) in [5.41, 5.74) is -0.460. The van der Waals surface area contributed by atoms with E-state index in [1.807, 2.05) is 0 Å². The Morgan fingerprint density at radius 3 is 2.45 bits per heavy atom. The van der Waals surface area contributed by atoms with Crippen LogP contribution in [0.25, 0.3) is 0 Å². The number of hydrogen-bond donors (Lipinski definition) is 2. The van der Waals surface area contributed by atoms with Crippen LogP contribution in [0.1, 0.15) is 38.5 Å². The number of nitrogens with one attached hydrogen (secondary N) is 1. The topological polar surface area (TPSA) is 55.8 Å². The molecule has 0 radical (unpaired) electrons. The van der Waals surface area contributed by atoms with Gasteiger partial charge in [0.05, 0.1) is 12.1 Å². The summed E-state index contributed by atoms with van der Waals surface area (Å²) >= 11 is 0. The van der Waals surface area contributed by atoms with Crippen molar-refractivity contribution in [3.63, 3.8) is 0 Å². The van der Waals surface area contributed by atoms with E-state index in [4.69, 9.17) is 0 Å². The fourth-order valence-corrected chi connectivity index (χ4v) is 3.17. The molecule has 1 aliphatic carbocycles. The summed E-state index contributed by atoms with van der Waals surface area (Å²) < 4.78 is 0. The van der Waals surface area contributed by atoms with Crippen molar-refractivity contribution in [2.24, 2.45) is 0 Å². The van der Waals surface area contributed by atoms with Crippen molar-refractivity contribution < 1.29 is 9.90 Å². The second-order valence-corrected chi connectivity index (χ2v) is 6.65. The van der Waals surface area contributed by atoms with Gasteiger partial charge >= 0.3 is 0 Å². The summed E-state index contributed by atoms with van der Waals surface area (Å²) in [6, 6.07) is 0.491. The van der Waals surface area contributed by atoms with Gasteiger partial charge in [-0.25, -0.2) is 0 Å². The maximum absolute atomic E-state index is 11.7.